The molecule has 0 bridgehead atoms. The Kier molecular flexibility index (Phi) is 4.61. The van der Waals surface area contributed by atoms with Gasteiger partial charge in [0.25, 0.3) is 0 Å². The molecule has 1 aromatic rings. The van der Waals surface area contributed by atoms with Gasteiger partial charge in [-0.05, 0) is 38.5 Å². The van der Waals surface area contributed by atoms with Gasteiger partial charge in [0.1, 0.15) is 5.60 Å². The monoisotopic (exact) mass is 269 g/mol. The van der Waals surface area contributed by atoms with Crippen LogP contribution in [0.2, 0.25) is 0 Å². The van der Waals surface area contributed by atoms with Gasteiger partial charge < -0.3 is 19.7 Å². The summed E-state index contributed by atoms with van der Waals surface area (Å²) in [7, 11) is 1.38. The summed E-state index contributed by atoms with van der Waals surface area (Å²) in [5.41, 5.74) is -0.0170. The molecule has 0 unspecified atom stereocenters. The average molecular weight is 269 g/mol. The van der Waals surface area contributed by atoms with Crippen molar-refractivity contribution in [1.82, 2.24) is 0 Å². The first-order chi connectivity index (χ1) is 8.76. The van der Waals surface area contributed by atoms with Crippen LogP contribution in [0.4, 0.5) is 10.5 Å². The third-order valence-corrected chi connectivity index (χ3v) is 2.17. The van der Waals surface area contributed by atoms with Gasteiger partial charge in [0.15, 0.2) is 11.5 Å². The second-order valence-electron chi connectivity index (χ2n) is 4.98. The van der Waals surface area contributed by atoms with Crippen LogP contribution in [0.5, 0.6) is 11.5 Å². The number of anilines is 1. The quantitative estimate of drug-likeness (QED) is 0.732. The zero-order chi connectivity index (χ0) is 14.6. The molecule has 0 radical (unpaired) electrons. The van der Waals surface area contributed by atoms with Crippen molar-refractivity contribution < 1.29 is 24.5 Å². The maximum absolute atomic E-state index is 11.6. The molecule has 0 aliphatic rings. The fourth-order valence-electron chi connectivity index (χ4n) is 1.42. The van der Waals surface area contributed by atoms with E-state index >= 15 is 0 Å². The normalized spacial score (nSPS) is 11.0. The van der Waals surface area contributed by atoms with Crippen molar-refractivity contribution in [2.75, 3.05) is 12.4 Å². The summed E-state index contributed by atoms with van der Waals surface area (Å²) in [5.74, 6) is -0.0526. The summed E-state index contributed by atoms with van der Waals surface area (Å²) in [6.45, 7) is 4.96. The Morgan fingerprint density at radius 1 is 1.37 bits per heavy atom. The van der Waals surface area contributed by atoms with E-state index in [-0.39, 0.29) is 23.8 Å². The third kappa shape index (κ3) is 4.33. The molecule has 6 heteroatoms. The largest absolute Gasteiger partial charge is 0.503 e. The van der Waals surface area contributed by atoms with Gasteiger partial charge in [-0.15, -0.1) is 0 Å². The van der Waals surface area contributed by atoms with Crippen LogP contribution < -0.4 is 10.1 Å². The molecule has 0 fully saturated rings. The number of carbonyl (C=O) groups excluding carboxylic acids is 1. The first-order valence-corrected chi connectivity index (χ1v) is 5.77. The number of ether oxygens (including phenoxy) is 2. The zero-order valence-corrected chi connectivity index (χ0v) is 11.5. The highest BCUT2D eigenvalue weighted by Crippen LogP contribution is 2.35. The van der Waals surface area contributed by atoms with E-state index in [0.29, 0.717) is 5.56 Å². The first kappa shape index (κ1) is 15.1. The highest BCUT2D eigenvalue weighted by molar-refractivity contribution is 5.88. The Balaban J connectivity index is 2.97. The molecular weight excluding hydrogens is 250 g/mol. The topological polar surface area (TPSA) is 88.0 Å². The molecule has 1 aromatic carbocycles. The molecule has 106 valence electrons. The smallest absolute Gasteiger partial charge is 0.412 e. The fraction of sp³-hybridized carbons (Fsp3) is 0.462. The van der Waals surface area contributed by atoms with Crippen LogP contribution in [0.15, 0.2) is 12.1 Å². The number of benzene rings is 1. The van der Waals surface area contributed by atoms with E-state index in [1.54, 1.807) is 20.8 Å². The van der Waals surface area contributed by atoms with Crippen LogP contribution in [0.1, 0.15) is 26.3 Å². The molecule has 0 atom stereocenters. The number of amides is 1. The lowest BCUT2D eigenvalue weighted by Gasteiger charge is -2.20. The van der Waals surface area contributed by atoms with E-state index in [2.05, 4.69) is 5.32 Å². The lowest BCUT2D eigenvalue weighted by molar-refractivity contribution is 0.0635. The van der Waals surface area contributed by atoms with Crippen molar-refractivity contribution in [3.8, 4) is 11.5 Å². The van der Waals surface area contributed by atoms with Crippen LogP contribution >= 0.6 is 0 Å². The summed E-state index contributed by atoms with van der Waals surface area (Å²) in [5, 5.41) is 21.4. The average Bonchev–Trinajstić information content (AvgIpc) is 2.29. The van der Waals surface area contributed by atoms with Crippen molar-refractivity contribution >= 4 is 11.8 Å². The summed E-state index contributed by atoms with van der Waals surface area (Å²) >= 11 is 0. The summed E-state index contributed by atoms with van der Waals surface area (Å²) in [4.78, 5) is 11.6. The number of methoxy groups -OCH3 is 1. The molecule has 0 aromatic heterocycles. The molecule has 0 heterocycles. The standard InChI is InChI=1S/C13H19NO5/c1-13(2,3)19-12(17)14-9-5-8(7-15)6-10(18-4)11(9)16/h5-6,15-16H,7H2,1-4H3,(H,14,17). The van der Waals surface area contributed by atoms with E-state index in [0.717, 1.165) is 0 Å². The number of phenols is 1. The van der Waals surface area contributed by atoms with Gasteiger partial charge in [-0.3, -0.25) is 5.32 Å². The van der Waals surface area contributed by atoms with Gasteiger partial charge in [0.2, 0.25) is 0 Å². The number of rotatable bonds is 3. The van der Waals surface area contributed by atoms with Crippen LogP contribution in [-0.2, 0) is 11.3 Å². The Bertz CT molecular complexity index is 465. The van der Waals surface area contributed by atoms with E-state index in [4.69, 9.17) is 14.6 Å². The molecule has 0 aliphatic heterocycles. The molecule has 0 aliphatic carbocycles. The lowest BCUT2D eigenvalue weighted by Crippen LogP contribution is -2.27. The van der Waals surface area contributed by atoms with Crippen molar-refractivity contribution in [2.24, 2.45) is 0 Å². The number of nitrogens with one attached hydrogen (secondary N) is 1. The van der Waals surface area contributed by atoms with Gasteiger partial charge >= 0.3 is 6.09 Å². The lowest BCUT2D eigenvalue weighted by atomic mass is 10.1. The van der Waals surface area contributed by atoms with E-state index in [1.807, 2.05) is 0 Å². The molecule has 19 heavy (non-hydrogen) atoms. The maximum atomic E-state index is 11.6. The predicted molar refractivity (Wildman–Crippen MR) is 70.4 cm³/mol. The van der Waals surface area contributed by atoms with Gasteiger partial charge in [0, 0.05) is 0 Å². The van der Waals surface area contributed by atoms with Crippen molar-refractivity contribution in [2.45, 2.75) is 33.0 Å². The Labute approximate surface area is 112 Å². The number of carbonyl (C=O) groups is 1. The van der Waals surface area contributed by atoms with Crippen LogP contribution in [0.3, 0.4) is 0 Å². The molecule has 1 amide bonds. The van der Waals surface area contributed by atoms with Crippen molar-refractivity contribution in [3.05, 3.63) is 17.7 Å². The van der Waals surface area contributed by atoms with Gasteiger partial charge in [-0.1, -0.05) is 0 Å². The second kappa shape index (κ2) is 5.79. The number of phenolic OH excluding ortho intramolecular Hbond substituents is 1. The molecule has 0 spiro atoms. The van der Waals surface area contributed by atoms with Crippen molar-refractivity contribution in [3.63, 3.8) is 0 Å². The number of aromatic hydroxyl groups is 1. The number of aliphatic hydroxyl groups excluding tert-OH is 1. The molecule has 0 saturated carbocycles. The Hall–Kier alpha value is -1.95. The minimum Gasteiger partial charge on any atom is -0.503 e. The Morgan fingerprint density at radius 2 is 2.00 bits per heavy atom. The highest BCUT2D eigenvalue weighted by Gasteiger charge is 2.19. The summed E-state index contributed by atoms with van der Waals surface area (Å²) < 4.78 is 10.0. The van der Waals surface area contributed by atoms with Crippen LogP contribution in [0.25, 0.3) is 0 Å². The molecule has 3 N–H and O–H groups in total. The Morgan fingerprint density at radius 3 is 2.47 bits per heavy atom. The molecule has 1 rings (SSSR count). The second-order valence-corrected chi connectivity index (χ2v) is 4.98. The minimum absolute atomic E-state index is 0.123. The summed E-state index contributed by atoms with van der Waals surface area (Å²) in [6, 6.07) is 2.93. The highest BCUT2D eigenvalue weighted by atomic mass is 16.6. The van der Waals surface area contributed by atoms with Gasteiger partial charge in [-0.25, -0.2) is 4.79 Å². The zero-order valence-electron chi connectivity index (χ0n) is 11.5. The predicted octanol–water partition coefficient (Wildman–Crippen LogP) is 2.24. The van der Waals surface area contributed by atoms with Crippen LogP contribution in [-0.4, -0.2) is 29.0 Å². The first-order valence-electron chi connectivity index (χ1n) is 5.77. The SMILES string of the molecule is COc1cc(CO)cc(NC(=O)OC(C)(C)C)c1O. The molecular formula is C13H19NO5. The third-order valence-electron chi connectivity index (χ3n) is 2.17. The van der Waals surface area contributed by atoms with E-state index in [9.17, 15) is 9.90 Å². The molecule has 6 nitrogen and oxygen atoms in total. The molecule has 0 saturated heterocycles. The minimum atomic E-state index is -0.694. The van der Waals surface area contributed by atoms with Crippen LogP contribution in [0, 0.1) is 0 Å². The van der Waals surface area contributed by atoms with Gasteiger partial charge in [-0.2, -0.15) is 0 Å². The van der Waals surface area contributed by atoms with Crippen molar-refractivity contribution in [1.29, 1.82) is 0 Å². The number of hydrogen-bond donors (Lipinski definition) is 3. The van der Waals surface area contributed by atoms with E-state index in [1.165, 1.54) is 19.2 Å². The maximum Gasteiger partial charge on any atom is 0.412 e. The number of hydrogen-bond acceptors (Lipinski definition) is 5. The fourth-order valence-corrected chi connectivity index (χ4v) is 1.42. The van der Waals surface area contributed by atoms with Gasteiger partial charge in [0.05, 0.1) is 19.4 Å². The number of aliphatic hydroxyl groups is 1. The van der Waals surface area contributed by atoms with E-state index < -0.39 is 11.7 Å². The summed E-state index contributed by atoms with van der Waals surface area (Å²) in [6.07, 6.45) is -0.694.